The molecule has 3 N–H and O–H groups in total. The SMILES string of the molecule is CO[C@H](CO)[C@@H](O)[C@@H](F)n1ccc(=O)[nH]c1=O. The van der Waals surface area contributed by atoms with Crippen LogP contribution in [0.2, 0.25) is 0 Å². The Kier molecular flexibility index (Phi) is 4.55. The van der Waals surface area contributed by atoms with E-state index in [2.05, 4.69) is 4.74 Å². The summed E-state index contributed by atoms with van der Waals surface area (Å²) >= 11 is 0. The maximum absolute atomic E-state index is 13.7. The lowest BCUT2D eigenvalue weighted by atomic mass is 10.2. The second-order valence-electron chi connectivity index (χ2n) is 3.34. The van der Waals surface area contributed by atoms with Gasteiger partial charge in [-0.1, -0.05) is 0 Å². The van der Waals surface area contributed by atoms with Crippen molar-refractivity contribution in [1.29, 1.82) is 0 Å². The highest BCUT2D eigenvalue weighted by molar-refractivity contribution is 4.86. The lowest BCUT2D eigenvalue weighted by Gasteiger charge is -2.23. The second-order valence-corrected chi connectivity index (χ2v) is 3.34. The van der Waals surface area contributed by atoms with Crippen LogP contribution in [0.3, 0.4) is 0 Å². The van der Waals surface area contributed by atoms with E-state index in [1.165, 1.54) is 7.11 Å². The van der Waals surface area contributed by atoms with Crippen LogP contribution in [0.5, 0.6) is 0 Å². The lowest BCUT2D eigenvalue weighted by Crippen LogP contribution is -2.41. The minimum Gasteiger partial charge on any atom is -0.394 e. The van der Waals surface area contributed by atoms with Crippen molar-refractivity contribution >= 4 is 0 Å². The van der Waals surface area contributed by atoms with E-state index in [0.29, 0.717) is 4.57 Å². The van der Waals surface area contributed by atoms with E-state index in [-0.39, 0.29) is 0 Å². The Morgan fingerprint density at radius 3 is 2.71 bits per heavy atom. The molecule has 0 aromatic carbocycles. The van der Waals surface area contributed by atoms with Crippen molar-refractivity contribution in [1.82, 2.24) is 9.55 Å². The summed E-state index contributed by atoms with van der Waals surface area (Å²) in [4.78, 5) is 23.8. The number of aromatic amines is 1. The van der Waals surface area contributed by atoms with Crippen LogP contribution < -0.4 is 11.2 Å². The number of halogens is 1. The number of alkyl halides is 1. The highest BCUT2D eigenvalue weighted by Gasteiger charge is 2.29. The minimum atomic E-state index is -2.13. The molecule has 0 amide bonds. The Bertz CT molecular complexity index is 467. The highest BCUT2D eigenvalue weighted by Crippen LogP contribution is 2.15. The van der Waals surface area contributed by atoms with Crippen molar-refractivity contribution in [3.63, 3.8) is 0 Å². The number of hydrogen-bond acceptors (Lipinski definition) is 5. The van der Waals surface area contributed by atoms with E-state index in [9.17, 15) is 19.1 Å². The molecule has 0 saturated heterocycles. The standard InChI is InChI=1S/C9H13FN2O5/c1-17-5(4-13)7(15)8(10)12-3-2-6(14)11-9(12)16/h2-3,5,7-8,13,15H,4H2,1H3,(H,11,14,16)/t5-,7-,8+/m1/s1. The molecule has 0 aliphatic carbocycles. The summed E-state index contributed by atoms with van der Waals surface area (Å²) in [6, 6.07) is 0.946. The van der Waals surface area contributed by atoms with Gasteiger partial charge in [0.2, 0.25) is 6.30 Å². The van der Waals surface area contributed by atoms with Crippen LogP contribution in [0, 0.1) is 0 Å². The molecule has 0 spiro atoms. The van der Waals surface area contributed by atoms with Gasteiger partial charge in [-0.05, 0) is 0 Å². The fourth-order valence-corrected chi connectivity index (χ4v) is 1.29. The average molecular weight is 248 g/mol. The van der Waals surface area contributed by atoms with Crippen LogP contribution in [0.1, 0.15) is 6.30 Å². The molecule has 1 rings (SSSR count). The van der Waals surface area contributed by atoms with Crippen LogP contribution in [0.15, 0.2) is 21.9 Å². The van der Waals surface area contributed by atoms with Crippen LogP contribution in [0.25, 0.3) is 0 Å². The van der Waals surface area contributed by atoms with E-state index in [1.807, 2.05) is 4.98 Å². The maximum atomic E-state index is 13.7. The van der Waals surface area contributed by atoms with Gasteiger partial charge in [0.15, 0.2) is 0 Å². The van der Waals surface area contributed by atoms with Gasteiger partial charge in [-0.2, -0.15) is 0 Å². The van der Waals surface area contributed by atoms with Gasteiger partial charge < -0.3 is 14.9 Å². The number of ether oxygens (including phenoxy) is 1. The van der Waals surface area contributed by atoms with Gasteiger partial charge in [0.1, 0.15) is 12.2 Å². The Labute approximate surface area is 95.1 Å². The number of rotatable bonds is 5. The third-order valence-corrected chi connectivity index (χ3v) is 2.26. The van der Waals surface area contributed by atoms with Gasteiger partial charge in [-0.15, -0.1) is 0 Å². The molecule has 0 bridgehead atoms. The van der Waals surface area contributed by atoms with Crippen LogP contribution in [-0.2, 0) is 4.74 Å². The molecule has 0 saturated carbocycles. The zero-order valence-electron chi connectivity index (χ0n) is 9.04. The molecular formula is C9H13FN2O5. The van der Waals surface area contributed by atoms with Crippen molar-refractivity contribution in [2.75, 3.05) is 13.7 Å². The predicted molar refractivity (Wildman–Crippen MR) is 55.4 cm³/mol. The topological polar surface area (TPSA) is 105 Å². The number of nitrogens with zero attached hydrogens (tertiary/aromatic N) is 1. The molecule has 1 aromatic heterocycles. The highest BCUT2D eigenvalue weighted by atomic mass is 19.1. The first kappa shape index (κ1) is 13.6. The van der Waals surface area contributed by atoms with Gasteiger partial charge in [-0.25, -0.2) is 9.18 Å². The first-order valence-corrected chi connectivity index (χ1v) is 4.78. The Hall–Kier alpha value is -1.51. The first-order valence-electron chi connectivity index (χ1n) is 4.78. The minimum absolute atomic E-state index is 0.508. The number of methoxy groups -OCH3 is 1. The fraction of sp³-hybridized carbons (Fsp3) is 0.556. The number of aromatic nitrogens is 2. The lowest BCUT2D eigenvalue weighted by molar-refractivity contribution is -0.0911. The van der Waals surface area contributed by atoms with Crippen molar-refractivity contribution in [2.24, 2.45) is 0 Å². The molecule has 3 atom stereocenters. The molecule has 7 nitrogen and oxygen atoms in total. The Morgan fingerprint density at radius 2 is 2.24 bits per heavy atom. The van der Waals surface area contributed by atoms with Crippen molar-refractivity contribution in [3.8, 4) is 0 Å². The monoisotopic (exact) mass is 248 g/mol. The largest absolute Gasteiger partial charge is 0.394 e. The Balaban J connectivity index is 2.99. The van der Waals surface area contributed by atoms with Crippen molar-refractivity contribution in [2.45, 2.75) is 18.5 Å². The zero-order valence-corrected chi connectivity index (χ0v) is 9.04. The van der Waals surface area contributed by atoms with Crippen molar-refractivity contribution < 1.29 is 19.3 Å². The molecule has 0 fully saturated rings. The summed E-state index contributed by atoms with van der Waals surface area (Å²) in [5.74, 6) is 0. The number of H-pyrrole nitrogens is 1. The van der Waals surface area contributed by atoms with E-state index in [0.717, 1.165) is 12.3 Å². The smallest absolute Gasteiger partial charge is 0.330 e. The van der Waals surface area contributed by atoms with Gasteiger partial charge >= 0.3 is 5.69 Å². The summed E-state index contributed by atoms with van der Waals surface area (Å²) in [6.07, 6.45) is -4.10. The third kappa shape index (κ3) is 2.99. The quantitative estimate of drug-likeness (QED) is 0.580. The fourth-order valence-electron chi connectivity index (χ4n) is 1.29. The van der Waals surface area contributed by atoms with E-state index in [1.54, 1.807) is 0 Å². The number of aliphatic hydroxyl groups is 2. The molecule has 1 aromatic rings. The van der Waals surface area contributed by atoms with E-state index < -0.39 is 36.4 Å². The average Bonchev–Trinajstić information content (AvgIpc) is 2.29. The molecule has 8 heteroatoms. The van der Waals surface area contributed by atoms with Gasteiger partial charge in [-0.3, -0.25) is 14.3 Å². The molecule has 0 aliphatic heterocycles. The number of aliphatic hydroxyl groups excluding tert-OH is 2. The third-order valence-electron chi connectivity index (χ3n) is 2.26. The number of nitrogens with one attached hydrogen (secondary N) is 1. The Morgan fingerprint density at radius 1 is 1.59 bits per heavy atom. The van der Waals surface area contributed by atoms with Crippen LogP contribution in [0.4, 0.5) is 4.39 Å². The molecule has 0 unspecified atom stereocenters. The molecule has 1 heterocycles. The van der Waals surface area contributed by atoms with E-state index >= 15 is 0 Å². The summed E-state index contributed by atoms with van der Waals surface area (Å²) < 4.78 is 18.9. The summed E-state index contributed by atoms with van der Waals surface area (Å²) in [6.45, 7) is -0.601. The summed E-state index contributed by atoms with van der Waals surface area (Å²) in [5.41, 5.74) is -1.66. The molecule has 96 valence electrons. The first-order chi connectivity index (χ1) is 8.01. The van der Waals surface area contributed by atoms with Crippen molar-refractivity contribution in [3.05, 3.63) is 33.1 Å². The second kappa shape index (κ2) is 5.71. The summed E-state index contributed by atoms with van der Waals surface area (Å²) in [5, 5.41) is 18.3. The normalized spacial score (nSPS) is 16.5. The molecule has 0 aliphatic rings. The predicted octanol–water partition coefficient (Wildman–Crippen LogP) is -1.63. The van der Waals surface area contributed by atoms with Crippen LogP contribution >= 0.6 is 0 Å². The number of hydrogen-bond donors (Lipinski definition) is 3. The van der Waals surface area contributed by atoms with Gasteiger partial charge in [0.05, 0.1) is 6.61 Å². The van der Waals surface area contributed by atoms with E-state index in [4.69, 9.17) is 5.11 Å². The van der Waals surface area contributed by atoms with Gasteiger partial charge in [0, 0.05) is 19.4 Å². The summed E-state index contributed by atoms with van der Waals surface area (Å²) in [7, 11) is 1.19. The van der Waals surface area contributed by atoms with Gasteiger partial charge in [0.25, 0.3) is 5.56 Å². The maximum Gasteiger partial charge on any atom is 0.330 e. The van der Waals surface area contributed by atoms with Crippen LogP contribution in [-0.4, -0.2) is 45.7 Å². The molecule has 17 heavy (non-hydrogen) atoms. The molecular weight excluding hydrogens is 235 g/mol. The molecule has 0 radical (unpaired) electrons. The zero-order chi connectivity index (χ0) is 13.0.